The van der Waals surface area contributed by atoms with Gasteiger partial charge in [0.2, 0.25) is 0 Å². The van der Waals surface area contributed by atoms with Crippen LogP contribution >= 0.6 is 11.6 Å². The van der Waals surface area contributed by atoms with Gasteiger partial charge in [-0.15, -0.1) is 11.6 Å². The average molecular weight is 319 g/mol. The number of hydrogen-bond donors (Lipinski definition) is 0. The molecule has 1 aromatic heterocycles. The van der Waals surface area contributed by atoms with Gasteiger partial charge < -0.3 is 4.57 Å². The van der Waals surface area contributed by atoms with Crippen molar-refractivity contribution < 1.29 is 8.42 Å². The molecule has 0 aromatic carbocycles. The summed E-state index contributed by atoms with van der Waals surface area (Å²) in [5.74, 6) is 1.88. The van der Waals surface area contributed by atoms with Gasteiger partial charge in [-0.1, -0.05) is 0 Å². The Bertz CT molecular complexity index is 566. The molecule has 20 heavy (non-hydrogen) atoms. The van der Waals surface area contributed by atoms with Gasteiger partial charge in [0, 0.05) is 44.5 Å². The number of fused-ring (bicyclic) bond motifs is 1. The van der Waals surface area contributed by atoms with Crippen molar-refractivity contribution in [1.29, 1.82) is 0 Å². The summed E-state index contributed by atoms with van der Waals surface area (Å²) in [4.78, 5) is 4.21. The van der Waals surface area contributed by atoms with Crippen LogP contribution in [0.5, 0.6) is 0 Å². The van der Waals surface area contributed by atoms with Crippen LogP contribution in [0.4, 0.5) is 0 Å². The first-order chi connectivity index (χ1) is 9.61. The Morgan fingerprint density at radius 2 is 1.95 bits per heavy atom. The second kappa shape index (κ2) is 5.63. The molecule has 8 heteroatoms. The molecule has 2 aliphatic rings. The van der Waals surface area contributed by atoms with Crippen LogP contribution in [0, 0.1) is 5.92 Å². The van der Waals surface area contributed by atoms with Crippen LogP contribution in [-0.4, -0.2) is 52.1 Å². The zero-order valence-electron chi connectivity index (χ0n) is 11.3. The lowest BCUT2D eigenvalue weighted by molar-refractivity contribution is 0.251. The molecule has 0 saturated carbocycles. The van der Waals surface area contributed by atoms with Crippen molar-refractivity contribution in [2.75, 3.05) is 25.5 Å². The molecule has 0 bridgehead atoms. The minimum Gasteiger partial charge on any atom is -0.333 e. The summed E-state index contributed by atoms with van der Waals surface area (Å²) in [5.41, 5.74) is 0. The molecule has 1 fully saturated rings. The SMILES string of the molecule is O=S(=O)(N1CCC(CCl)CC1)N1CCn2ccnc2C1. The molecule has 0 amide bonds. The van der Waals surface area contributed by atoms with Crippen LogP contribution in [0.2, 0.25) is 0 Å². The largest absolute Gasteiger partial charge is 0.333 e. The van der Waals surface area contributed by atoms with Gasteiger partial charge in [0.25, 0.3) is 10.2 Å². The minimum atomic E-state index is -3.37. The van der Waals surface area contributed by atoms with Gasteiger partial charge in [-0.25, -0.2) is 4.98 Å². The van der Waals surface area contributed by atoms with E-state index in [1.165, 1.54) is 4.31 Å². The summed E-state index contributed by atoms with van der Waals surface area (Å²) in [6, 6.07) is 0. The van der Waals surface area contributed by atoms with Gasteiger partial charge in [0.05, 0.1) is 6.54 Å². The molecule has 0 radical (unpaired) electrons. The van der Waals surface area contributed by atoms with Gasteiger partial charge in [0.15, 0.2) is 0 Å². The molecule has 3 rings (SSSR count). The van der Waals surface area contributed by atoms with E-state index in [0.29, 0.717) is 44.5 Å². The van der Waals surface area contributed by atoms with E-state index in [9.17, 15) is 8.42 Å². The van der Waals surface area contributed by atoms with Crippen LogP contribution < -0.4 is 0 Å². The number of rotatable bonds is 3. The predicted octanol–water partition coefficient (Wildman–Crippen LogP) is 0.894. The number of halogens is 1. The van der Waals surface area contributed by atoms with E-state index in [1.807, 2.05) is 10.8 Å². The highest BCUT2D eigenvalue weighted by Crippen LogP contribution is 2.24. The third-order valence-electron chi connectivity index (χ3n) is 4.15. The molecule has 0 spiro atoms. The van der Waals surface area contributed by atoms with E-state index in [4.69, 9.17) is 11.6 Å². The zero-order chi connectivity index (χ0) is 14.2. The molecule has 0 unspecified atom stereocenters. The van der Waals surface area contributed by atoms with E-state index in [-0.39, 0.29) is 0 Å². The van der Waals surface area contributed by atoms with Crippen molar-refractivity contribution in [2.45, 2.75) is 25.9 Å². The molecule has 3 heterocycles. The highest BCUT2D eigenvalue weighted by atomic mass is 35.5. The molecule has 0 N–H and O–H groups in total. The maximum Gasteiger partial charge on any atom is 0.282 e. The second-order valence-corrected chi connectivity index (χ2v) is 7.61. The Labute approximate surface area is 124 Å². The van der Waals surface area contributed by atoms with Crippen molar-refractivity contribution >= 4 is 21.8 Å². The normalized spacial score (nSPS) is 22.9. The number of nitrogens with zero attached hydrogens (tertiary/aromatic N) is 4. The summed E-state index contributed by atoms with van der Waals surface area (Å²) < 4.78 is 30.4. The molecular weight excluding hydrogens is 300 g/mol. The fourth-order valence-electron chi connectivity index (χ4n) is 2.81. The smallest absolute Gasteiger partial charge is 0.282 e. The summed E-state index contributed by atoms with van der Waals surface area (Å²) in [5, 5.41) is 0. The lowest BCUT2D eigenvalue weighted by Crippen LogP contribution is -2.49. The lowest BCUT2D eigenvalue weighted by Gasteiger charge is -2.35. The van der Waals surface area contributed by atoms with Gasteiger partial charge >= 0.3 is 0 Å². The first-order valence-electron chi connectivity index (χ1n) is 6.92. The van der Waals surface area contributed by atoms with E-state index in [0.717, 1.165) is 18.7 Å². The van der Waals surface area contributed by atoms with Crippen LogP contribution in [0.25, 0.3) is 0 Å². The fourth-order valence-corrected chi connectivity index (χ4v) is 4.70. The third kappa shape index (κ3) is 2.59. The summed E-state index contributed by atoms with van der Waals surface area (Å²) in [6.45, 7) is 2.70. The Kier molecular flexibility index (Phi) is 4.03. The van der Waals surface area contributed by atoms with Crippen LogP contribution in [-0.2, 0) is 23.3 Å². The van der Waals surface area contributed by atoms with Gasteiger partial charge in [0.1, 0.15) is 5.82 Å². The minimum absolute atomic E-state index is 0.366. The molecular formula is C12H19ClN4O2S. The summed E-state index contributed by atoms with van der Waals surface area (Å²) >= 11 is 5.85. The molecule has 0 aliphatic carbocycles. The first kappa shape index (κ1) is 14.3. The van der Waals surface area contributed by atoms with Crippen LogP contribution in [0.1, 0.15) is 18.7 Å². The topological polar surface area (TPSA) is 58.4 Å². The Hall–Kier alpha value is -0.630. The van der Waals surface area contributed by atoms with Crippen molar-refractivity contribution in [3.05, 3.63) is 18.2 Å². The van der Waals surface area contributed by atoms with E-state index < -0.39 is 10.2 Å². The fraction of sp³-hybridized carbons (Fsp3) is 0.750. The summed E-state index contributed by atoms with van der Waals surface area (Å²) in [7, 11) is -3.37. The van der Waals surface area contributed by atoms with Crippen LogP contribution in [0.15, 0.2) is 12.4 Å². The van der Waals surface area contributed by atoms with Crippen molar-refractivity contribution in [3.63, 3.8) is 0 Å². The Morgan fingerprint density at radius 3 is 2.65 bits per heavy atom. The van der Waals surface area contributed by atoms with Crippen molar-refractivity contribution in [1.82, 2.24) is 18.2 Å². The number of hydrogen-bond acceptors (Lipinski definition) is 3. The van der Waals surface area contributed by atoms with Crippen molar-refractivity contribution in [2.24, 2.45) is 5.92 Å². The van der Waals surface area contributed by atoms with Gasteiger partial charge in [-0.2, -0.15) is 17.0 Å². The summed E-state index contributed by atoms with van der Waals surface area (Å²) in [6.07, 6.45) is 5.32. The maximum atomic E-state index is 12.6. The highest BCUT2D eigenvalue weighted by Gasteiger charge is 2.34. The Balaban J connectivity index is 1.70. The lowest BCUT2D eigenvalue weighted by atomic mass is 10.0. The highest BCUT2D eigenvalue weighted by molar-refractivity contribution is 7.86. The van der Waals surface area contributed by atoms with E-state index in [2.05, 4.69) is 4.98 Å². The zero-order valence-corrected chi connectivity index (χ0v) is 12.9. The van der Waals surface area contributed by atoms with Crippen molar-refractivity contribution in [3.8, 4) is 0 Å². The molecule has 1 aromatic rings. The number of piperidine rings is 1. The predicted molar refractivity (Wildman–Crippen MR) is 76.6 cm³/mol. The molecule has 112 valence electrons. The molecule has 1 saturated heterocycles. The number of aromatic nitrogens is 2. The van der Waals surface area contributed by atoms with Gasteiger partial charge in [-0.05, 0) is 18.8 Å². The molecule has 2 aliphatic heterocycles. The molecule has 0 atom stereocenters. The number of alkyl halides is 1. The monoisotopic (exact) mass is 318 g/mol. The Morgan fingerprint density at radius 1 is 1.20 bits per heavy atom. The molecule has 6 nitrogen and oxygen atoms in total. The second-order valence-electron chi connectivity index (χ2n) is 5.37. The quantitative estimate of drug-likeness (QED) is 0.778. The van der Waals surface area contributed by atoms with Crippen LogP contribution in [0.3, 0.4) is 0 Å². The average Bonchev–Trinajstić information content (AvgIpc) is 2.94. The standard InChI is InChI=1S/C12H19ClN4O2S/c13-9-11-1-4-16(5-2-11)20(18,19)17-8-7-15-6-3-14-12(15)10-17/h3,6,11H,1-2,4-5,7-10H2. The van der Waals surface area contributed by atoms with E-state index >= 15 is 0 Å². The number of imidazole rings is 1. The maximum absolute atomic E-state index is 12.6. The van der Waals surface area contributed by atoms with Gasteiger partial charge in [-0.3, -0.25) is 0 Å². The van der Waals surface area contributed by atoms with E-state index in [1.54, 1.807) is 10.5 Å². The first-order valence-corrected chi connectivity index (χ1v) is 8.85. The third-order valence-corrected chi connectivity index (χ3v) is 6.57.